The molecule has 1 aromatic heterocycles. The van der Waals surface area contributed by atoms with Gasteiger partial charge in [0.1, 0.15) is 0 Å². The summed E-state index contributed by atoms with van der Waals surface area (Å²) in [6, 6.07) is 4.01. The van der Waals surface area contributed by atoms with Gasteiger partial charge in [-0.3, -0.25) is 20.2 Å². The highest BCUT2D eigenvalue weighted by Crippen LogP contribution is 2.22. The number of hydrogen-bond acceptors (Lipinski definition) is 7. The number of aromatic nitrogens is 4. The Hall–Kier alpha value is -3.04. The van der Waals surface area contributed by atoms with Gasteiger partial charge < -0.3 is 5.32 Å². The predicted molar refractivity (Wildman–Crippen MR) is 74.0 cm³/mol. The number of benzene rings is 1. The van der Waals surface area contributed by atoms with E-state index in [1.807, 2.05) is 6.92 Å². The van der Waals surface area contributed by atoms with Crippen molar-refractivity contribution in [3.63, 3.8) is 0 Å². The molecule has 10 nitrogen and oxygen atoms in total. The fourth-order valence-corrected chi connectivity index (χ4v) is 1.68. The summed E-state index contributed by atoms with van der Waals surface area (Å²) < 4.78 is 0. The van der Waals surface area contributed by atoms with E-state index >= 15 is 0 Å². The summed E-state index contributed by atoms with van der Waals surface area (Å²) in [6.07, 6.45) is 0. The van der Waals surface area contributed by atoms with Gasteiger partial charge in [-0.2, -0.15) is 4.80 Å². The average molecular weight is 291 g/mol. The maximum atomic E-state index is 12.2. The molecule has 1 heterocycles. The highest BCUT2D eigenvalue weighted by atomic mass is 16.6. The van der Waals surface area contributed by atoms with Crippen molar-refractivity contribution in [2.45, 2.75) is 6.92 Å². The third kappa shape index (κ3) is 3.29. The molecular weight excluding hydrogens is 278 g/mol. The molecule has 0 aliphatic carbocycles. The smallest absolute Gasteiger partial charge is 0.270 e. The molecule has 0 fully saturated rings. The van der Waals surface area contributed by atoms with Crippen LogP contribution in [0.3, 0.4) is 0 Å². The fraction of sp³-hybridized carbons (Fsp3) is 0.273. The molecule has 1 amide bonds. The zero-order valence-corrected chi connectivity index (χ0v) is 11.4. The largest absolute Gasteiger partial charge is 0.385 e. The lowest BCUT2D eigenvalue weighted by atomic mass is 10.1. The molecule has 0 saturated heterocycles. The van der Waals surface area contributed by atoms with Crippen LogP contribution in [0.2, 0.25) is 0 Å². The van der Waals surface area contributed by atoms with Crippen LogP contribution in [0, 0.1) is 10.1 Å². The quantitative estimate of drug-likeness (QED) is 0.616. The molecule has 0 spiro atoms. The van der Waals surface area contributed by atoms with Gasteiger partial charge >= 0.3 is 0 Å². The maximum Gasteiger partial charge on any atom is 0.270 e. The topological polar surface area (TPSA) is 128 Å². The number of carbonyl (C=O) groups is 1. The first kappa shape index (κ1) is 14.4. The Morgan fingerprint density at radius 3 is 2.81 bits per heavy atom. The summed E-state index contributed by atoms with van der Waals surface area (Å²) in [5.41, 5.74) is 0.455. The van der Waals surface area contributed by atoms with Gasteiger partial charge in [0.2, 0.25) is 0 Å². The van der Waals surface area contributed by atoms with Crippen LogP contribution < -0.4 is 10.6 Å². The number of nitro benzene ring substituents is 1. The minimum atomic E-state index is -0.562. The summed E-state index contributed by atoms with van der Waals surface area (Å²) in [5, 5.41) is 27.3. The van der Waals surface area contributed by atoms with Crippen molar-refractivity contribution in [1.82, 2.24) is 20.2 Å². The molecule has 0 saturated carbocycles. The first-order chi connectivity index (χ1) is 10.0. The van der Waals surface area contributed by atoms with Crippen LogP contribution in [0.5, 0.6) is 0 Å². The Bertz CT molecular complexity index is 682. The second-order valence-corrected chi connectivity index (χ2v) is 4.07. The van der Waals surface area contributed by atoms with E-state index in [0.717, 1.165) is 0 Å². The van der Waals surface area contributed by atoms with Gasteiger partial charge in [-0.15, -0.1) is 5.10 Å². The van der Waals surface area contributed by atoms with Gasteiger partial charge in [-0.05, 0) is 18.2 Å². The molecule has 21 heavy (non-hydrogen) atoms. The summed E-state index contributed by atoms with van der Waals surface area (Å²) in [6.45, 7) is 2.43. The van der Waals surface area contributed by atoms with Crippen LogP contribution >= 0.6 is 0 Å². The molecule has 10 heteroatoms. The lowest BCUT2D eigenvalue weighted by Gasteiger charge is -2.09. The number of nitro groups is 1. The Labute approximate surface area is 119 Å². The zero-order chi connectivity index (χ0) is 15.4. The minimum absolute atomic E-state index is 0.0245. The monoisotopic (exact) mass is 291 g/mol. The zero-order valence-electron chi connectivity index (χ0n) is 11.4. The Morgan fingerprint density at radius 2 is 2.24 bits per heavy atom. The number of nitrogens with zero attached hydrogens (tertiary/aromatic N) is 5. The first-order valence-electron chi connectivity index (χ1n) is 6.09. The predicted octanol–water partition coefficient (Wildman–Crippen LogP) is 0.802. The van der Waals surface area contributed by atoms with Crippen molar-refractivity contribution in [3.8, 4) is 0 Å². The molecule has 0 unspecified atom stereocenters. The molecule has 0 aliphatic rings. The highest BCUT2D eigenvalue weighted by Gasteiger charge is 2.18. The number of rotatable bonds is 5. The lowest BCUT2D eigenvalue weighted by Crippen LogP contribution is -2.16. The van der Waals surface area contributed by atoms with Gasteiger partial charge in [0.25, 0.3) is 17.5 Å². The number of tetrazole rings is 1. The summed E-state index contributed by atoms with van der Waals surface area (Å²) in [4.78, 5) is 23.7. The van der Waals surface area contributed by atoms with Crippen LogP contribution in [0.15, 0.2) is 18.2 Å². The number of hydrogen-bond donors (Lipinski definition) is 2. The van der Waals surface area contributed by atoms with E-state index in [4.69, 9.17) is 0 Å². The van der Waals surface area contributed by atoms with E-state index in [0.29, 0.717) is 12.2 Å². The van der Waals surface area contributed by atoms with E-state index in [2.05, 4.69) is 26.0 Å². The molecule has 2 N–H and O–H groups in total. The van der Waals surface area contributed by atoms with Gasteiger partial charge in [-0.25, -0.2) is 0 Å². The third-order valence-electron chi connectivity index (χ3n) is 2.56. The molecular formula is C11H13N7O3. The number of non-ortho nitro benzene ring substituents is 1. The third-order valence-corrected chi connectivity index (χ3v) is 2.56. The Balaban J connectivity index is 2.32. The number of amides is 1. The van der Waals surface area contributed by atoms with Gasteiger partial charge in [0.05, 0.1) is 17.5 Å². The molecule has 110 valence electrons. The van der Waals surface area contributed by atoms with Gasteiger partial charge in [0, 0.05) is 24.4 Å². The second-order valence-electron chi connectivity index (χ2n) is 4.07. The maximum absolute atomic E-state index is 12.2. The van der Waals surface area contributed by atoms with Crippen LogP contribution in [-0.4, -0.2) is 37.6 Å². The molecule has 2 aromatic rings. The first-order valence-corrected chi connectivity index (χ1v) is 6.09. The standard InChI is InChI=1S/C11H13N7O3/c1-3-12-9-5-4-7(18(20)21)6-8(9)10(19)13-11-14-16-17(2)15-11/h4-6,12H,3H2,1-2H3,(H,13,15,19). The Kier molecular flexibility index (Phi) is 4.07. The number of anilines is 2. The van der Waals surface area contributed by atoms with Crippen LogP contribution in [-0.2, 0) is 7.05 Å². The average Bonchev–Trinajstić information content (AvgIpc) is 2.84. The molecule has 1 aromatic carbocycles. The Morgan fingerprint density at radius 1 is 1.48 bits per heavy atom. The molecule has 0 radical (unpaired) electrons. The molecule has 0 bridgehead atoms. The second kappa shape index (κ2) is 5.94. The summed E-state index contributed by atoms with van der Waals surface area (Å²) in [7, 11) is 1.56. The van der Waals surface area contributed by atoms with E-state index < -0.39 is 10.8 Å². The number of aryl methyl sites for hydroxylation is 1. The van der Waals surface area contributed by atoms with Gasteiger partial charge in [0.15, 0.2) is 0 Å². The van der Waals surface area contributed by atoms with Crippen molar-refractivity contribution in [2.75, 3.05) is 17.2 Å². The SMILES string of the molecule is CCNc1ccc([N+](=O)[O-])cc1C(=O)Nc1nnn(C)n1. The van der Waals surface area contributed by atoms with Crippen molar-refractivity contribution < 1.29 is 9.72 Å². The highest BCUT2D eigenvalue weighted by molar-refractivity contribution is 6.07. The van der Waals surface area contributed by atoms with Gasteiger partial charge in [-0.1, -0.05) is 5.10 Å². The fourth-order valence-electron chi connectivity index (χ4n) is 1.68. The summed E-state index contributed by atoms with van der Waals surface area (Å²) in [5.74, 6) is -0.529. The lowest BCUT2D eigenvalue weighted by molar-refractivity contribution is -0.384. The minimum Gasteiger partial charge on any atom is -0.385 e. The van der Waals surface area contributed by atoms with Crippen molar-refractivity contribution in [3.05, 3.63) is 33.9 Å². The molecule has 0 aliphatic heterocycles. The van der Waals surface area contributed by atoms with Crippen LogP contribution in [0.4, 0.5) is 17.3 Å². The van der Waals surface area contributed by atoms with E-state index in [1.165, 1.54) is 23.0 Å². The van der Waals surface area contributed by atoms with Crippen LogP contribution in [0.1, 0.15) is 17.3 Å². The van der Waals surface area contributed by atoms with E-state index in [-0.39, 0.29) is 17.2 Å². The van der Waals surface area contributed by atoms with Crippen molar-refractivity contribution in [1.29, 1.82) is 0 Å². The van der Waals surface area contributed by atoms with E-state index in [9.17, 15) is 14.9 Å². The van der Waals surface area contributed by atoms with Crippen LogP contribution in [0.25, 0.3) is 0 Å². The molecule has 0 atom stereocenters. The number of carbonyl (C=O) groups excluding carboxylic acids is 1. The van der Waals surface area contributed by atoms with Crippen molar-refractivity contribution >= 4 is 23.2 Å². The molecule has 2 rings (SSSR count). The number of nitrogens with one attached hydrogen (secondary N) is 2. The van der Waals surface area contributed by atoms with Crippen molar-refractivity contribution in [2.24, 2.45) is 7.05 Å². The van der Waals surface area contributed by atoms with E-state index in [1.54, 1.807) is 7.05 Å². The normalized spacial score (nSPS) is 10.2. The summed E-state index contributed by atoms with van der Waals surface area (Å²) >= 11 is 0.